The van der Waals surface area contributed by atoms with Crippen molar-refractivity contribution < 1.29 is 31.2 Å². The van der Waals surface area contributed by atoms with Crippen LogP contribution < -0.4 is 10.5 Å². The van der Waals surface area contributed by atoms with Crippen molar-refractivity contribution in [1.29, 1.82) is 0 Å². The van der Waals surface area contributed by atoms with Crippen molar-refractivity contribution in [3.05, 3.63) is 59.8 Å². The van der Waals surface area contributed by atoms with Crippen molar-refractivity contribution in [1.82, 2.24) is 4.57 Å². The number of halogens is 3. The number of aryl methyl sites for hydroxylation is 1. The lowest BCUT2D eigenvalue weighted by molar-refractivity contribution is -0.139. The molecular weight excluding hydrogens is 471 g/mol. The van der Waals surface area contributed by atoms with Crippen LogP contribution in [-0.2, 0) is 27.4 Å². The highest BCUT2D eigenvalue weighted by Gasteiger charge is 2.37. The van der Waals surface area contributed by atoms with Gasteiger partial charge in [0, 0.05) is 29.6 Å². The van der Waals surface area contributed by atoms with Crippen molar-refractivity contribution in [2.75, 3.05) is 4.72 Å². The average molecular weight is 496 g/mol. The summed E-state index contributed by atoms with van der Waals surface area (Å²) in [5.74, 6) is -0.614. The second-order valence-corrected chi connectivity index (χ2v) is 9.46. The molecule has 34 heavy (non-hydrogen) atoms. The number of nitrogens with two attached hydrogens (primary N) is 1. The van der Waals surface area contributed by atoms with Crippen LogP contribution in [0.5, 0.6) is 0 Å². The molecule has 0 fully saturated rings. The number of alkyl halides is 3. The Morgan fingerprint density at radius 1 is 1.06 bits per heavy atom. The number of sulfonamides is 1. The van der Waals surface area contributed by atoms with Crippen LogP contribution in [0.1, 0.15) is 48.7 Å². The van der Waals surface area contributed by atoms with Gasteiger partial charge in [0.05, 0.1) is 16.0 Å². The first-order valence-corrected chi connectivity index (χ1v) is 12.1. The number of benzene rings is 2. The molecule has 1 aromatic heterocycles. The van der Waals surface area contributed by atoms with Crippen LogP contribution in [0.25, 0.3) is 10.9 Å². The molecule has 0 spiro atoms. The van der Waals surface area contributed by atoms with E-state index in [4.69, 9.17) is 5.73 Å². The standard InChI is InChI=1S/C23H24F3N3O4S/c1-2-6-22(31)29-17(7-5-10-21(27)30)14-15-13-16(11-12-19(15)29)28-34(32,33)20-9-4-3-8-18(20)23(24,25)26/h3-4,8-9,11-14,28H,2,5-7,10H2,1H3,(H2,27,30). The number of hydrogen-bond donors (Lipinski definition) is 2. The Hall–Kier alpha value is -3.34. The quantitative estimate of drug-likeness (QED) is 0.448. The molecule has 2 aromatic carbocycles. The van der Waals surface area contributed by atoms with Gasteiger partial charge in [-0.2, -0.15) is 13.2 Å². The van der Waals surface area contributed by atoms with Gasteiger partial charge in [-0.15, -0.1) is 0 Å². The van der Waals surface area contributed by atoms with Gasteiger partial charge in [-0.25, -0.2) is 8.42 Å². The number of nitrogens with one attached hydrogen (secondary N) is 1. The summed E-state index contributed by atoms with van der Waals surface area (Å²) < 4.78 is 69.2. The number of anilines is 1. The predicted octanol–water partition coefficient (Wildman–Crippen LogP) is 4.71. The largest absolute Gasteiger partial charge is 0.417 e. The number of fused-ring (bicyclic) bond motifs is 1. The molecule has 0 radical (unpaired) electrons. The Morgan fingerprint density at radius 2 is 1.76 bits per heavy atom. The summed E-state index contributed by atoms with van der Waals surface area (Å²) in [7, 11) is -4.54. The van der Waals surface area contributed by atoms with E-state index < -0.39 is 32.6 Å². The lowest BCUT2D eigenvalue weighted by Gasteiger charge is -2.14. The van der Waals surface area contributed by atoms with Gasteiger partial charge in [0.2, 0.25) is 11.8 Å². The van der Waals surface area contributed by atoms with E-state index in [0.29, 0.717) is 41.9 Å². The molecule has 7 nitrogen and oxygen atoms in total. The van der Waals surface area contributed by atoms with Crippen LogP contribution in [-0.4, -0.2) is 24.8 Å². The Kier molecular flexibility index (Phi) is 7.35. The molecule has 0 aliphatic carbocycles. The summed E-state index contributed by atoms with van der Waals surface area (Å²) in [4.78, 5) is 22.9. The molecule has 3 N–H and O–H groups in total. The zero-order chi connectivity index (χ0) is 25.1. The molecule has 0 bridgehead atoms. The Bertz CT molecular complexity index is 1330. The highest BCUT2D eigenvalue weighted by molar-refractivity contribution is 7.92. The predicted molar refractivity (Wildman–Crippen MR) is 122 cm³/mol. The number of aromatic nitrogens is 1. The van der Waals surface area contributed by atoms with Crippen LogP contribution in [0.15, 0.2) is 53.4 Å². The number of primary amides is 1. The van der Waals surface area contributed by atoms with Gasteiger partial charge < -0.3 is 5.73 Å². The van der Waals surface area contributed by atoms with Crippen LogP contribution >= 0.6 is 0 Å². The second-order valence-electron chi connectivity index (χ2n) is 7.81. The van der Waals surface area contributed by atoms with Gasteiger partial charge in [-0.1, -0.05) is 19.1 Å². The minimum absolute atomic E-state index is 0.0493. The normalized spacial score (nSPS) is 12.1. The van der Waals surface area contributed by atoms with Crippen molar-refractivity contribution >= 4 is 38.4 Å². The maximum absolute atomic E-state index is 13.3. The third-order valence-electron chi connectivity index (χ3n) is 5.18. The average Bonchev–Trinajstić information content (AvgIpc) is 3.10. The van der Waals surface area contributed by atoms with E-state index in [1.54, 1.807) is 6.07 Å². The lowest BCUT2D eigenvalue weighted by Crippen LogP contribution is -2.18. The molecule has 0 saturated heterocycles. The Labute approximate surface area is 194 Å². The highest BCUT2D eigenvalue weighted by Crippen LogP contribution is 2.35. The number of rotatable bonds is 9. The Morgan fingerprint density at radius 3 is 2.41 bits per heavy atom. The fraction of sp³-hybridized carbons (Fsp3) is 0.304. The number of nitrogens with zero attached hydrogens (tertiary/aromatic N) is 1. The SMILES string of the molecule is CCCC(=O)n1c(CCCC(N)=O)cc2cc(NS(=O)(=O)c3ccccc3C(F)(F)F)ccc21. The van der Waals surface area contributed by atoms with E-state index in [9.17, 15) is 31.2 Å². The first kappa shape index (κ1) is 25.3. The monoisotopic (exact) mass is 495 g/mol. The van der Waals surface area contributed by atoms with E-state index in [-0.39, 0.29) is 24.4 Å². The topological polar surface area (TPSA) is 111 Å². The zero-order valence-electron chi connectivity index (χ0n) is 18.4. The molecule has 3 aromatic rings. The third kappa shape index (κ3) is 5.58. The fourth-order valence-electron chi connectivity index (χ4n) is 3.73. The molecule has 0 aliphatic heterocycles. The molecule has 1 heterocycles. The first-order valence-electron chi connectivity index (χ1n) is 10.6. The van der Waals surface area contributed by atoms with E-state index in [0.717, 1.165) is 12.1 Å². The molecule has 0 unspecified atom stereocenters. The van der Waals surface area contributed by atoms with E-state index >= 15 is 0 Å². The lowest BCUT2D eigenvalue weighted by atomic mass is 10.1. The molecule has 1 amide bonds. The molecular formula is C23H24F3N3O4S. The van der Waals surface area contributed by atoms with Crippen molar-refractivity contribution in [3.8, 4) is 0 Å². The smallest absolute Gasteiger partial charge is 0.370 e. The van der Waals surface area contributed by atoms with Gasteiger partial charge in [0.1, 0.15) is 0 Å². The number of hydrogen-bond acceptors (Lipinski definition) is 4. The minimum Gasteiger partial charge on any atom is -0.370 e. The maximum Gasteiger partial charge on any atom is 0.417 e. The minimum atomic E-state index is -4.84. The van der Waals surface area contributed by atoms with Crippen LogP contribution in [0, 0.1) is 0 Å². The molecule has 3 rings (SSSR count). The molecule has 11 heteroatoms. The highest BCUT2D eigenvalue weighted by atomic mass is 32.2. The van der Waals surface area contributed by atoms with Crippen LogP contribution in [0.4, 0.5) is 18.9 Å². The van der Waals surface area contributed by atoms with Crippen molar-refractivity contribution in [2.24, 2.45) is 5.73 Å². The first-order chi connectivity index (χ1) is 15.9. The summed E-state index contributed by atoms with van der Waals surface area (Å²) in [6.07, 6.45) is -2.96. The number of amides is 1. The van der Waals surface area contributed by atoms with E-state index in [2.05, 4.69) is 4.72 Å². The third-order valence-corrected chi connectivity index (χ3v) is 6.62. The fourth-order valence-corrected chi connectivity index (χ4v) is 5.01. The van der Waals surface area contributed by atoms with Gasteiger partial charge in [0.15, 0.2) is 0 Å². The maximum atomic E-state index is 13.3. The van der Waals surface area contributed by atoms with Crippen LogP contribution in [0.3, 0.4) is 0 Å². The summed E-state index contributed by atoms with van der Waals surface area (Å²) in [5.41, 5.74) is 5.15. The van der Waals surface area contributed by atoms with Crippen molar-refractivity contribution in [2.45, 2.75) is 50.1 Å². The molecule has 0 saturated carbocycles. The second kappa shape index (κ2) is 9.88. The summed E-state index contributed by atoms with van der Waals surface area (Å²) in [6, 6.07) is 10.00. The summed E-state index contributed by atoms with van der Waals surface area (Å²) >= 11 is 0. The number of carbonyl (C=O) groups excluding carboxylic acids is 2. The molecule has 182 valence electrons. The van der Waals surface area contributed by atoms with Gasteiger partial charge in [-0.05, 0) is 55.7 Å². The van der Waals surface area contributed by atoms with Crippen molar-refractivity contribution in [3.63, 3.8) is 0 Å². The van der Waals surface area contributed by atoms with E-state index in [1.807, 2.05) is 6.92 Å². The summed E-state index contributed by atoms with van der Waals surface area (Å²) in [5, 5.41) is 0.530. The molecule has 0 atom stereocenters. The zero-order valence-corrected chi connectivity index (χ0v) is 19.2. The Balaban J connectivity index is 1.99. The van der Waals surface area contributed by atoms with E-state index in [1.165, 1.54) is 28.8 Å². The molecule has 0 aliphatic rings. The number of carbonyl (C=O) groups is 2. The van der Waals surface area contributed by atoms with Gasteiger partial charge in [0.25, 0.3) is 10.0 Å². The summed E-state index contributed by atoms with van der Waals surface area (Å²) in [6.45, 7) is 1.86. The van der Waals surface area contributed by atoms with Gasteiger partial charge >= 0.3 is 6.18 Å². The van der Waals surface area contributed by atoms with Gasteiger partial charge in [-0.3, -0.25) is 18.9 Å². The van der Waals surface area contributed by atoms with Crippen LogP contribution in [0.2, 0.25) is 0 Å².